The largest absolute Gasteiger partial charge is 0.396 e. The van der Waals surface area contributed by atoms with Crippen LogP contribution in [0, 0.1) is 17.8 Å². The number of rotatable bonds is 6. The van der Waals surface area contributed by atoms with E-state index in [2.05, 4.69) is 5.32 Å². The van der Waals surface area contributed by atoms with Crippen molar-refractivity contribution in [2.75, 3.05) is 13.2 Å². The van der Waals surface area contributed by atoms with Crippen molar-refractivity contribution in [3.8, 4) is 0 Å². The molecule has 17 heavy (non-hydrogen) atoms. The second-order valence-electron chi connectivity index (χ2n) is 5.29. The second kappa shape index (κ2) is 6.97. The quantitative estimate of drug-likeness (QED) is 0.647. The van der Waals surface area contributed by atoms with E-state index in [9.17, 15) is 9.90 Å². The van der Waals surface area contributed by atoms with E-state index in [4.69, 9.17) is 5.73 Å². The first-order valence-corrected chi connectivity index (χ1v) is 6.74. The summed E-state index contributed by atoms with van der Waals surface area (Å²) in [7, 11) is 0. The van der Waals surface area contributed by atoms with E-state index in [-0.39, 0.29) is 18.4 Å². The lowest BCUT2D eigenvalue weighted by atomic mass is 9.96. The maximum Gasteiger partial charge on any atom is 0.237 e. The Balaban J connectivity index is 2.32. The Hall–Kier alpha value is -0.610. The zero-order valence-electron chi connectivity index (χ0n) is 11.0. The average molecular weight is 242 g/mol. The summed E-state index contributed by atoms with van der Waals surface area (Å²) in [5.41, 5.74) is 5.86. The van der Waals surface area contributed by atoms with Crippen LogP contribution in [0.15, 0.2) is 0 Å². The molecule has 1 aliphatic carbocycles. The number of carbonyl (C=O) groups excluding carboxylic acids is 1. The molecule has 1 amide bonds. The van der Waals surface area contributed by atoms with Gasteiger partial charge in [-0.2, -0.15) is 0 Å². The summed E-state index contributed by atoms with van der Waals surface area (Å²) in [4.78, 5) is 11.8. The summed E-state index contributed by atoms with van der Waals surface area (Å²) in [6, 6.07) is -0.408. The molecule has 0 heterocycles. The van der Waals surface area contributed by atoms with Gasteiger partial charge in [-0.15, -0.1) is 0 Å². The molecule has 0 aromatic carbocycles. The van der Waals surface area contributed by atoms with Crippen LogP contribution in [0.25, 0.3) is 0 Å². The number of aliphatic hydroxyl groups is 1. The minimum Gasteiger partial charge on any atom is -0.396 e. The summed E-state index contributed by atoms with van der Waals surface area (Å²) >= 11 is 0. The minimum absolute atomic E-state index is 0.0528. The Morgan fingerprint density at radius 2 is 2.12 bits per heavy atom. The summed E-state index contributed by atoms with van der Waals surface area (Å²) in [6.45, 7) is 4.93. The van der Waals surface area contributed by atoms with Crippen molar-refractivity contribution in [2.24, 2.45) is 23.5 Å². The fraction of sp³-hybridized carbons (Fsp3) is 0.923. The van der Waals surface area contributed by atoms with Gasteiger partial charge < -0.3 is 16.2 Å². The molecule has 1 fully saturated rings. The van der Waals surface area contributed by atoms with Gasteiger partial charge in [0.15, 0.2) is 0 Å². The van der Waals surface area contributed by atoms with Crippen LogP contribution in [0.1, 0.15) is 39.5 Å². The molecular weight excluding hydrogens is 216 g/mol. The predicted molar refractivity (Wildman–Crippen MR) is 68.4 cm³/mol. The van der Waals surface area contributed by atoms with E-state index in [1.165, 1.54) is 0 Å². The SMILES string of the molecule is CCC(C)C(N)C(=O)NCC1CCCC1CO. The van der Waals surface area contributed by atoms with Crippen LogP contribution in [0.3, 0.4) is 0 Å². The maximum absolute atomic E-state index is 11.8. The highest BCUT2D eigenvalue weighted by molar-refractivity contribution is 5.81. The molecule has 0 aliphatic heterocycles. The van der Waals surface area contributed by atoms with Gasteiger partial charge in [0.2, 0.25) is 5.91 Å². The van der Waals surface area contributed by atoms with Crippen molar-refractivity contribution in [2.45, 2.75) is 45.6 Å². The number of hydrogen-bond donors (Lipinski definition) is 3. The molecular formula is C13H26N2O2. The van der Waals surface area contributed by atoms with Gasteiger partial charge in [-0.25, -0.2) is 0 Å². The Labute approximate surface area is 104 Å². The number of nitrogens with two attached hydrogens (primary N) is 1. The maximum atomic E-state index is 11.8. The highest BCUT2D eigenvalue weighted by Gasteiger charge is 2.27. The van der Waals surface area contributed by atoms with Crippen LogP contribution >= 0.6 is 0 Å². The molecule has 4 unspecified atom stereocenters. The molecule has 4 atom stereocenters. The molecule has 1 aliphatic rings. The van der Waals surface area contributed by atoms with Crippen molar-refractivity contribution in [1.29, 1.82) is 0 Å². The van der Waals surface area contributed by atoms with Crippen molar-refractivity contribution >= 4 is 5.91 Å². The highest BCUT2D eigenvalue weighted by Crippen LogP contribution is 2.30. The van der Waals surface area contributed by atoms with Gasteiger partial charge >= 0.3 is 0 Å². The topological polar surface area (TPSA) is 75.4 Å². The smallest absolute Gasteiger partial charge is 0.237 e. The van der Waals surface area contributed by atoms with Gasteiger partial charge in [0.1, 0.15) is 0 Å². The molecule has 4 N–H and O–H groups in total. The molecule has 4 heteroatoms. The van der Waals surface area contributed by atoms with E-state index >= 15 is 0 Å². The zero-order valence-corrected chi connectivity index (χ0v) is 11.0. The zero-order chi connectivity index (χ0) is 12.8. The van der Waals surface area contributed by atoms with Crippen molar-refractivity contribution < 1.29 is 9.90 Å². The van der Waals surface area contributed by atoms with Crippen LogP contribution in [-0.2, 0) is 4.79 Å². The van der Waals surface area contributed by atoms with Crippen molar-refractivity contribution in [3.05, 3.63) is 0 Å². The molecule has 1 saturated carbocycles. The van der Waals surface area contributed by atoms with Crippen LogP contribution in [0.2, 0.25) is 0 Å². The van der Waals surface area contributed by atoms with Crippen LogP contribution in [0.4, 0.5) is 0 Å². The van der Waals surface area contributed by atoms with Gasteiger partial charge in [0, 0.05) is 13.2 Å². The van der Waals surface area contributed by atoms with Crippen LogP contribution in [0.5, 0.6) is 0 Å². The molecule has 0 radical (unpaired) electrons. The first-order valence-electron chi connectivity index (χ1n) is 6.74. The molecule has 100 valence electrons. The predicted octanol–water partition coefficient (Wildman–Crippen LogP) is 0.885. The molecule has 0 aromatic rings. The second-order valence-corrected chi connectivity index (χ2v) is 5.29. The van der Waals surface area contributed by atoms with E-state index in [0.717, 1.165) is 25.7 Å². The molecule has 0 bridgehead atoms. The standard InChI is InChI=1S/C13H26N2O2/c1-3-9(2)12(14)13(17)15-7-10-5-4-6-11(10)8-16/h9-12,16H,3-8,14H2,1-2H3,(H,15,17). The van der Waals surface area contributed by atoms with Crippen molar-refractivity contribution in [3.63, 3.8) is 0 Å². The fourth-order valence-electron chi connectivity index (χ4n) is 2.48. The third-order valence-corrected chi connectivity index (χ3v) is 4.15. The summed E-state index contributed by atoms with van der Waals surface area (Å²) in [5, 5.41) is 12.1. The lowest BCUT2D eigenvalue weighted by molar-refractivity contribution is -0.123. The summed E-state index contributed by atoms with van der Waals surface area (Å²) in [5.74, 6) is 0.943. The van der Waals surface area contributed by atoms with E-state index in [1.54, 1.807) is 0 Å². The Kier molecular flexibility index (Phi) is 5.92. The van der Waals surface area contributed by atoms with Gasteiger partial charge in [-0.3, -0.25) is 4.79 Å². The lowest BCUT2D eigenvalue weighted by Gasteiger charge is -2.21. The fourth-order valence-corrected chi connectivity index (χ4v) is 2.48. The summed E-state index contributed by atoms with van der Waals surface area (Å²) in [6.07, 6.45) is 4.25. The lowest BCUT2D eigenvalue weighted by Crippen LogP contribution is -2.46. The van der Waals surface area contributed by atoms with E-state index in [1.807, 2.05) is 13.8 Å². The first kappa shape index (κ1) is 14.5. The minimum atomic E-state index is -0.408. The number of amides is 1. The first-order chi connectivity index (χ1) is 8.10. The average Bonchev–Trinajstić information content (AvgIpc) is 2.81. The molecule has 0 saturated heterocycles. The molecule has 1 rings (SSSR count). The third-order valence-electron chi connectivity index (χ3n) is 4.15. The highest BCUT2D eigenvalue weighted by atomic mass is 16.3. The monoisotopic (exact) mass is 242 g/mol. The molecule has 0 aromatic heterocycles. The Morgan fingerprint density at radius 3 is 2.71 bits per heavy atom. The van der Waals surface area contributed by atoms with Crippen molar-refractivity contribution in [1.82, 2.24) is 5.32 Å². The van der Waals surface area contributed by atoms with Gasteiger partial charge in [0.05, 0.1) is 6.04 Å². The van der Waals surface area contributed by atoms with Gasteiger partial charge in [0.25, 0.3) is 0 Å². The number of carbonyl (C=O) groups is 1. The van der Waals surface area contributed by atoms with Gasteiger partial charge in [-0.1, -0.05) is 26.7 Å². The Morgan fingerprint density at radius 1 is 1.47 bits per heavy atom. The van der Waals surface area contributed by atoms with Crippen LogP contribution in [-0.4, -0.2) is 30.2 Å². The van der Waals surface area contributed by atoms with E-state index < -0.39 is 6.04 Å². The molecule has 4 nitrogen and oxygen atoms in total. The number of aliphatic hydroxyl groups excluding tert-OH is 1. The normalized spacial score (nSPS) is 27.8. The molecule has 0 spiro atoms. The third kappa shape index (κ3) is 3.96. The number of hydrogen-bond acceptors (Lipinski definition) is 3. The number of nitrogens with one attached hydrogen (secondary N) is 1. The summed E-state index contributed by atoms with van der Waals surface area (Å²) < 4.78 is 0. The van der Waals surface area contributed by atoms with Crippen LogP contribution < -0.4 is 11.1 Å². The Bertz CT molecular complexity index is 246. The van der Waals surface area contributed by atoms with Gasteiger partial charge in [-0.05, 0) is 30.6 Å². The van der Waals surface area contributed by atoms with E-state index in [0.29, 0.717) is 18.4 Å².